The van der Waals surface area contributed by atoms with E-state index in [9.17, 15) is 4.79 Å². The lowest BCUT2D eigenvalue weighted by Crippen LogP contribution is -2.20. The summed E-state index contributed by atoms with van der Waals surface area (Å²) in [5, 5.41) is 3.45. The predicted molar refractivity (Wildman–Crippen MR) is 94.3 cm³/mol. The predicted octanol–water partition coefficient (Wildman–Crippen LogP) is 4.32. The van der Waals surface area contributed by atoms with Gasteiger partial charge in [-0.25, -0.2) is 0 Å². The van der Waals surface area contributed by atoms with Gasteiger partial charge in [-0.3, -0.25) is 9.78 Å². The quantitative estimate of drug-likeness (QED) is 0.705. The third-order valence-corrected chi connectivity index (χ3v) is 3.76. The van der Waals surface area contributed by atoms with Crippen molar-refractivity contribution in [2.24, 2.45) is 0 Å². The van der Waals surface area contributed by atoms with E-state index in [2.05, 4.69) is 10.3 Å². The van der Waals surface area contributed by atoms with Gasteiger partial charge in [0.15, 0.2) is 5.76 Å². The number of halogens is 1. The lowest BCUT2D eigenvalue weighted by molar-refractivity contribution is -0.116. The molecule has 0 aliphatic heterocycles. The molecule has 0 aliphatic carbocycles. The molecule has 3 aromatic rings. The summed E-state index contributed by atoms with van der Waals surface area (Å²) in [5.74, 6) is 0.468. The minimum absolute atomic E-state index is 0.204. The summed E-state index contributed by atoms with van der Waals surface area (Å²) in [4.78, 5) is 16.3. The summed E-state index contributed by atoms with van der Waals surface area (Å²) in [6, 6.07) is 14.7. The number of rotatable bonds is 5. The molecule has 0 saturated heterocycles. The van der Waals surface area contributed by atoms with Gasteiger partial charge in [0.05, 0.1) is 6.26 Å². The molecule has 0 fully saturated rings. The maximum absolute atomic E-state index is 12.0. The highest BCUT2D eigenvalue weighted by Crippen LogP contribution is 2.21. The van der Waals surface area contributed by atoms with Crippen LogP contribution in [-0.2, 0) is 11.3 Å². The minimum Gasteiger partial charge on any atom is -0.463 e. The Balaban J connectivity index is 1.66. The first-order valence-electron chi connectivity index (χ1n) is 7.42. The number of benzene rings is 1. The van der Waals surface area contributed by atoms with Gasteiger partial charge in [-0.05, 0) is 35.9 Å². The van der Waals surface area contributed by atoms with Crippen molar-refractivity contribution >= 4 is 23.6 Å². The van der Waals surface area contributed by atoms with E-state index in [1.807, 2.05) is 36.4 Å². The van der Waals surface area contributed by atoms with Gasteiger partial charge in [-0.2, -0.15) is 0 Å². The van der Waals surface area contributed by atoms with Crippen molar-refractivity contribution < 1.29 is 9.21 Å². The molecule has 3 rings (SSSR count). The fourth-order valence-corrected chi connectivity index (χ4v) is 2.43. The molecule has 0 radical (unpaired) electrons. The summed E-state index contributed by atoms with van der Waals surface area (Å²) in [6.07, 6.45) is 6.44. The first-order chi connectivity index (χ1) is 11.7. The van der Waals surface area contributed by atoms with Crippen molar-refractivity contribution in [3.63, 3.8) is 0 Å². The fraction of sp³-hybridized carbons (Fsp3) is 0.0526. The smallest absolute Gasteiger partial charge is 0.244 e. The molecule has 4 nitrogen and oxygen atoms in total. The second-order valence-electron chi connectivity index (χ2n) is 5.06. The Kier molecular flexibility index (Phi) is 5.08. The molecule has 120 valence electrons. The number of furan rings is 1. The Bertz CT molecular complexity index is 857. The zero-order valence-corrected chi connectivity index (χ0v) is 13.5. The summed E-state index contributed by atoms with van der Waals surface area (Å²) in [6.45, 7) is 0.357. The molecule has 1 N–H and O–H groups in total. The van der Waals surface area contributed by atoms with E-state index < -0.39 is 0 Å². The number of carbonyl (C=O) groups is 1. The lowest BCUT2D eigenvalue weighted by Gasteiger charge is -2.07. The van der Waals surface area contributed by atoms with Crippen molar-refractivity contribution in [1.29, 1.82) is 0 Å². The van der Waals surface area contributed by atoms with Gasteiger partial charge in [-0.1, -0.05) is 35.9 Å². The Morgan fingerprint density at radius 1 is 1.17 bits per heavy atom. The highest BCUT2D eigenvalue weighted by molar-refractivity contribution is 6.32. The zero-order valence-electron chi connectivity index (χ0n) is 12.8. The van der Waals surface area contributed by atoms with Crippen molar-refractivity contribution in [3.8, 4) is 11.5 Å². The van der Waals surface area contributed by atoms with Crippen LogP contribution in [0.2, 0.25) is 5.02 Å². The van der Waals surface area contributed by atoms with Gasteiger partial charge in [-0.15, -0.1) is 0 Å². The van der Waals surface area contributed by atoms with Crippen LogP contribution in [0.4, 0.5) is 0 Å². The van der Waals surface area contributed by atoms with Crippen LogP contribution in [0.25, 0.3) is 17.5 Å². The van der Waals surface area contributed by atoms with Crippen LogP contribution in [0.1, 0.15) is 11.1 Å². The fourth-order valence-electron chi connectivity index (χ4n) is 2.23. The maximum Gasteiger partial charge on any atom is 0.244 e. The summed E-state index contributed by atoms with van der Waals surface area (Å²) >= 11 is 6.06. The largest absolute Gasteiger partial charge is 0.463 e. The van der Waals surface area contributed by atoms with Gasteiger partial charge in [0.2, 0.25) is 5.91 Å². The standard InChI is InChI=1S/C19H15ClN2O2/c20-16-7-2-1-5-14(16)9-10-18(23)22-13-15-6-3-11-21-19(15)17-8-4-12-24-17/h1-12H,13H2,(H,22,23)/b10-9+. The summed E-state index contributed by atoms with van der Waals surface area (Å²) < 4.78 is 5.38. The molecule has 2 aromatic heterocycles. The van der Waals surface area contributed by atoms with Crippen LogP contribution in [0.15, 0.2) is 71.5 Å². The SMILES string of the molecule is O=C(/C=C/c1ccccc1Cl)NCc1cccnc1-c1ccco1. The molecule has 5 heteroatoms. The first kappa shape index (κ1) is 16.0. The Hall–Kier alpha value is -2.85. The van der Waals surface area contributed by atoms with Crippen molar-refractivity contribution in [3.05, 3.63) is 83.2 Å². The second kappa shape index (κ2) is 7.62. The average molecular weight is 339 g/mol. The Morgan fingerprint density at radius 2 is 2.04 bits per heavy atom. The number of aromatic nitrogens is 1. The van der Waals surface area contributed by atoms with E-state index in [0.717, 1.165) is 16.8 Å². The molecule has 0 saturated carbocycles. The summed E-state index contributed by atoms with van der Waals surface area (Å²) in [5.41, 5.74) is 2.40. The maximum atomic E-state index is 12.0. The molecule has 0 aliphatic rings. The molecule has 1 aromatic carbocycles. The number of amides is 1. The number of hydrogen-bond donors (Lipinski definition) is 1. The normalized spacial score (nSPS) is 10.9. The van der Waals surface area contributed by atoms with Crippen molar-refractivity contribution in [1.82, 2.24) is 10.3 Å². The molecular weight excluding hydrogens is 324 g/mol. The highest BCUT2D eigenvalue weighted by atomic mass is 35.5. The molecule has 1 amide bonds. The van der Waals surface area contributed by atoms with Crippen LogP contribution in [0.5, 0.6) is 0 Å². The summed E-state index contributed by atoms with van der Waals surface area (Å²) in [7, 11) is 0. The minimum atomic E-state index is -0.204. The van der Waals surface area contributed by atoms with E-state index in [0.29, 0.717) is 17.3 Å². The van der Waals surface area contributed by atoms with Gasteiger partial charge in [0.1, 0.15) is 5.69 Å². The first-order valence-corrected chi connectivity index (χ1v) is 7.80. The van der Waals surface area contributed by atoms with Crippen molar-refractivity contribution in [2.45, 2.75) is 6.54 Å². The van der Waals surface area contributed by atoms with Crippen LogP contribution >= 0.6 is 11.6 Å². The number of pyridine rings is 1. The Morgan fingerprint density at radius 3 is 2.83 bits per heavy atom. The third-order valence-electron chi connectivity index (χ3n) is 3.42. The highest BCUT2D eigenvalue weighted by Gasteiger charge is 2.09. The number of nitrogens with zero attached hydrogens (tertiary/aromatic N) is 1. The average Bonchev–Trinajstić information content (AvgIpc) is 3.14. The molecule has 0 unspecified atom stereocenters. The van der Waals surface area contributed by atoms with E-state index in [1.165, 1.54) is 6.08 Å². The van der Waals surface area contributed by atoms with Crippen LogP contribution < -0.4 is 5.32 Å². The monoisotopic (exact) mass is 338 g/mol. The molecular formula is C19H15ClN2O2. The second-order valence-corrected chi connectivity index (χ2v) is 5.47. The molecule has 0 spiro atoms. The van der Waals surface area contributed by atoms with Gasteiger partial charge in [0, 0.05) is 29.4 Å². The third kappa shape index (κ3) is 3.91. The molecule has 0 bridgehead atoms. The zero-order chi connectivity index (χ0) is 16.8. The topological polar surface area (TPSA) is 55.1 Å². The molecule has 0 atom stereocenters. The van der Waals surface area contributed by atoms with E-state index >= 15 is 0 Å². The van der Waals surface area contributed by atoms with Crippen molar-refractivity contribution in [2.75, 3.05) is 0 Å². The van der Waals surface area contributed by atoms with E-state index in [4.69, 9.17) is 16.0 Å². The number of nitrogens with one attached hydrogen (secondary N) is 1. The van der Waals surface area contributed by atoms with Crippen LogP contribution in [-0.4, -0.2) is 10.9 Å². The Labute approximate surface area is 144 Å². The van der Waals surface area contributed by atoms with Gasteiger partial charge >= 0.3 is 0 Å². The molecule has 24 heavy (non-hydrogen) atoms. The number of carbonyl (C=O) groups excluding carboxylic acids is 1. The van der Waals surface area contributed by atoms with Gasteiger partial charge < -0.3 is 9.73 Å². The molecule has 2 heterocycles. The van der Waals surface area contributed by atoms with Gasteiger partial charge in [0.25, 0.3) is 0 Å². The van der Waals surface area contributed by atoms with E-state index in [1.54, 1.807) is 30.7 Å². The van der Waals surface area contributed by atoms with Crippen LogP contribution in [0, 0.1) is 0 Å². The van der Waals surface area contributed by atoms with Crippen LogP contribution in [0.3, 0.4) is 0 Å². The van der Waals surface area contributed by atoms with E-state index in [-0.39, 0.29) is 5.91 Å². The lowest BCUT2D eigenvalue weighted by atomic mass is 10.1. The number of hydrogen-bond acceptors (Lipinski definition) is 3.